The van der Waals surface area contributed by atoms with Crippen LogP contribution in [0, 0.1) is 0 Å². The van der Waals surface area contributed by atoms with Crippen LogP contribution >= 0.6 is 0 Å². The fourth-order valence-corrected chi connectivity index (χ4v) is 1.21. The van der Waals surface area contributed by atoms with E-state index < -0.39 is 42.9 Å². The molecule has 5 nitrogen and oxygen atoms in total. The van der Waals surface area contributed by atoms with Crippen molar-refractivity contribution < 1.29 is 45.8 Å². The second-order valence-electron chi connectivity index (χ2n) is 4.60. The third kappa shape index (κ3) is 5.24. The number of ether oxygens (including phenoxy) is 3. The van der Waals surface area contributed by atoms with Crippen molar-refractivity contribution in [1.29, 1.82) is 0 Å². The minimum absolute atomic E-state index is 0.248. The number of methoxy groups -OCH3 is 1. The third-order valence-corrected chi connectivity index (χ3v) is 2.37. The van der Waals surface area contributed by atoms with Crippen LogP contribution in [0.25, 0.3) is 0 Å². The van der Waals surface area contributed by atoms with Crippen LogP contribution in [0.3, 0.4) is 0 Å². The van der Waals surface area contributed by atoms with Crippen molar-refractivity contribution in [2.75, 3.05) is 20.3 Å². The lowest BCUT2D eigenvalue weighted by atomic mass is 9.98. The fraction of sp³-hybridized carbons (Fsp3) is 0.667. The molecule has 1 atom stereocenters. The highest BCUT2D eigenvalue weighted by Crippen LogP contribution is 2.35. The molecule has 0 N–H and O–H groups in total. The maximum absolute atomic E-state index is 14.0. The number of hydrogen-bond acceptors (Lipinski definition) is 5. The molecule has 0 aromatic rings. The van der Waals surface area contributed by atoms with Crippen molar-refractivity contribution in [2.45, 2.75) is 31.5 Å². The Balaban J connectivity index is 5.30. The van der Waals surface area contributed by atoms with Gasteiger partial charge in [-0.15, -0.1) is 0 Å². The van der Waals surface area contributed by atoms with Crippen LogP contribution in [0.15, 0.2) is 12.2 Å². The summed E-state index contributed by atoms with van der Waals surface area (Å²) in [6.45, 7) is 1.81. The van der Waals surface area contributed by atoms with Crippen LogP contribution in [-0.4, -0.2) is 50.0 Å². The summed E-state index contributed by atoms with van der Waals surface area (Å²) in [4.78, 5) is 22.6. The molecule has 0 aromatic heterocycles. The van der Waals surface area contributed by atoms with Gasteiger partial charge in [-0.05, 0) is 13.8 Å². The van der Waals surface area contributed by atoms with E-state index in [1.165, 1.54) is 0 Å². The van der Waals surface area contributed by atoms with E-state index >= 15 is 0 Å². The average molecular weight is 334 g/mol. The molecule has 0 aromatic carbocycles. The van der Waals surface area contributed by atoms with Gasteiger partial charge in [0.1, 0.15) is 0 Å². The Morgan fingerprint density at radius 2 is 1.59 bits per heavy atom. The number of alkyl halides is 5. The van der Waals surface area contributed by atoms with Gasteiger partial charge in [0.05, 0.1) is 6.61 Å². The van der Waals surface area contributed by atoms with Gasteiger partial charge in [-0.1, -0.05) is 6.58 Å². The SMILES string of the molecule is C=C(C)C(=O)OC(C)(COC)C(F)(F)C(=O)OCC(F)(F)F. The molecule has 22 heavy (non-hydrogen) atoms. The zero-order valence-corrected chi connectivity index (χ0v) is 12.1. The van der Waals surface area contributed by atoms with Crippen LogP contribution in [0.5, 0.6) is 0 Å². The molecule has 0 amide bonds. The first-order chi connectivity index (χ1) is 9.77. The Labute approximate surface area is 123 Å². The molecule has 0 bridgehead atoms. The minimum atomic E-state index is -4.97. The first-order valence-electron chi connectivity index (χ1n) is 5.76. The summed E-state index contributed by atoms with van der Waals surface area (Å²) in [6, 6.07) is 0. The van der Waals surface area contributed by atoms with Crippen molar-refractivity contribution in [2.24, 2.45) is 0 Å². The number of hydrogen-bond donors (Lipinski definition) is 0. The van der Waals surface area contributed by atoms with Crippen LogP contribution in [0.1, 0.15) is 13.8 Å². The first kappa shape index (κ1) is 20.3. The topological polar surface area (TPSA) is 61.8 Å². The number of esters is 2. The van der Waals surface area contributed by atoms with E-state index in [4.69, 9.17) is 0 Å². The van der Waals surface area contributed by atoms with E-state index in [1.54, 1.807) is 0 Å². The van der Waals surface area contributed by atoms with Gasteiger partial charge < -0.3 is 14.2 Å². The summed E-state index contributed by atoms with van der Waals surface area (Å²) in [7, 11) is 0.976. The molecule has 0 radical (unpaired) electrons. The van der Waals surface area contributed by atoms with Crippen molar-refractivity contribution in [3.8, 4) is 0 Å². The van der Waals surface area contributed by atoms with Crippen LogP contribution in [0.4, 0.5) is 22.0 Å². The molecule has 0 heterocycles. The Morgan fingerprint density at radius 1 is 1.09 bits per heavy atom. The van der Waals surface area contributed by atoms with Crippen molar-refractivity contribution in [3.63, 3.8) is 0 Å². The van der Waals surface area contributed by atoms with Gasteiger partial charge in [-0.3, -0.25) is 0 Å². The third-order valence-electron chi connectivity index (χ3n) is 2.37. The van der Waals surface area contributed by atoms with Gasteiger partial charge >= 0.3 is 24.0 Å². The molecular formula is C12H15F5O5. The summed E-state index contributed by atoms with van der Waals surface area (Å²) < 4.78 is 76.2. The van der Waals surface area contributed by atoms with E-state index in [9.17, 15) is 31.5 Å². The summed E-state index contributed by atoms with van der Waals surface area (Å²) in [6.07, 6.45) is -4.97. The Hall–Kier alpha value is -1.71. The second-order valence-corrected chi connectivity index (χ2v) is 4.60. The minimum Gasteiger partial charge on any atom is -0.451 e. The summed E-state index contributed by atoms with van der Waals surface area (Å²) >= 11 is 0. The molecule has 0 saturated heterocycles. The Kier molecular flexibility index (Phi) is 6.49. The van der Waals surface area contributed by atoms with Gasteiger partial charge in [0, 0.05) is 12.7 Å². The van der Waals surface area contributed by atoms with E-state index in [0.717, 1.165) is 14.0 Å². The van der Waals surface area contributed by atoms with Crippen LogP contribution < -0.4 is 0 Å². The lowest BCUT2D eigenvalue weighted by Crippen LogP contribution is -2.57. The average Bonchev–Trinajstić information content (AvgIpc) is 2.34. The quantitative estimate of drug-likeness (QED) is 0.406. The molecule has 1 unspecified atom stereocenters. The molecule has 0 aliphatic carbocycles. The molecule has 0 aliphatic heterocycles. The molecule has 0 saturated carbocycles. The van der Waals surface area contributed by atoms with E-state index in [1.807, 2.05) is 0 Å². The fourth-order valence-electron chi connectivity index (χ4n) is 1.21. The molecule has 0 spiro atoms. The van der Waals surface area contributed by atoms with Gasteiger partial charge in [-0.2, -0.15) is 22.0 Å². The number of rotatable bonds is 7. The summed E-state index contributed by atoms with van der Waals surface area (Å²) in [5.41, 5.74) is -3.11. The monoisotopic (exact) mass is 334 g/mol. The highest BCUT2D eigenvalue weighted by atomic mass is 19.4. The maximum Gasteiger partial charge on any atom is 0.422 e. The van der Waals surface area contributed by atoms with Crippen molar-refractivity contribution in [1.82, 2.24) is 0 Å². The molecule has 10 heteroatoms. The lowest BCUT2D eigenvalue weighted by Gasteiger charge is -2.34. The van der Waals surface area contributed by atoms with Gasteiger partial charge in [0.2, 0.25) is 5.60 Å². The largest absolute Gasteiger partial charge is 0.451 e. The Morgan fingerprint density at radius 3 is 1.95 bits per heavy atom. The van der Waals surface area contributed by atoms with Gasteiger partial charge in [-0.25, -0.2) is 9.59 Å². The predicted octanol–water partition coefficient (Wildman–Crippen LogP) is 2.25. The number of halogens is 5. The lowest BCUT2D eigenvalue weighted by molar-refractivity contribution is -0.240. The van der Waals surface area contributed by atoms with Crippen molar-refractivity contribution in [3.05, 3.63) is 12.2 Å². The van der Waals surface area contributed by atoms with Gasteiger partial charge in [0.25, 0.3) is 0 Å². The highest BCUT2D eigenvalue weighted by Gasteiger charge is 2.61. The zero-order chi connectivity index (χ0) is 17.8. The smallest absolute Gasteiger partial charge is 0.422 e. The van der Waals surface area contributed by atoms with Crippen LogP contribution in [0.2, 0.25) is 0 Å². The highest BCUT2D eigenvalue weighted by molar-refractivity contribution is 5.88. The Bertz CT molecular complexity index is 446. The number of carbonyl (C=O) groups is 2. The van der Waals surface area contributed by atoms with E-state index in [2.05, 4.69) is 20.8 Å². The van der Waals surface area contributed by atoms with E-state index in [-0.39, 0.29) is 5.57 Å². The molecule has 0 rings (SSSR count). The molecule has 0 aliphatic rings. The first-order valence-corrected chi connectivity index (χ1v) is 5.76. The van der Waals surface area contributed by atoms with E-state index in [0.29, 0.717) is 6.92 Å². The summed E-state index contributed by atoms with van der Waals surface area (Å²) in [5, 5.41) is 0. The predicted molar refractivity (Wildman–Crippen MR) is 63.1 cm³/mol. The zero-order valence-electron chi connectivity index (χ0n) is 12.1. The van der Waals surface area contributed by atoms with Gasteiger partial charge in [0.15, 0.2) is 6.61 Å². The molecular weight excluding hydrogens is 319 g/mol. The summed E-state index contributed by atoms with van der Waals surface area (Å²) in [5.74, 6) is -8.32. The molecule has 128 valence electrons. The van der Waals surface area contributed by atoms with Crippen molar-refractivity contribution >= 4 is 11.9 Å². The maximum atomic E-state index is 14.0. The standard InChI is InChI=1S/C12H15F5O5/c1-7(2)8(18)22-10(3,5-20-4)12(16,17)9(19)21-6-11(13,14)15/h1,5-6H2,2-4H3. The second kappa shape index (κ2) is 7.03. The van der Waals surface area contributed by atoms with Crippen LogP contribution in [-0.2, 0) is 23.8 Å². The normalized spacial score (nSPS) is 14.9. The number of carbonyl (C=O) groups excluding carboxylic acids is 2. The molecule has 0 fully saturated rings.